The summed E-state index contributed by atoms with van der Waals surface area (Å²) in [6.07, 6.45) is 0. The Morgan fingerprint density at radius 3 is 2.59 bits per heavy atom. The molecule has 1 N–H and O–H groups in total. The first kappa shape index (κ1) is 22.3. The van der Waals surface area contributed by atoms with Crippen LogP contribution in [0.4, 0.5) is 0 Å². The summed E-state index contributed by atoms with van der Waals surface area (Å²) in [5.74, 6) is 0.917. The fraction of sp³-hybridized carbons (Fsp3) is 0.391. The minimum absolute atomic E-state index is 0.141. The maximum absolute atomic E-state index is 13.0. The number of aryl methyl sites for hydroxylation is 2. The van der Waals surface area contributed by atoms with Gasteiger partial charge in [-0.05, 0) is 62.6 Å². The number of nitrogens with zero attached hydrogens (tertiary/aromatic N) is 1. The summed E-state index contributed by atoms with van der Waals surface area (Å²) in [7, 11) is 1.59. The Morgan fingerprint density at radius 2 is 1.90 bits per heavy atom. The van der Waals surface area contributed by atoms with Crippen LogP contribution in [0.15, 0.2) is 42.5 Å². The highest BCUT2D eigenvalue weighted by Gasteiger charge is 2.26. The molecular weight excluding hydrogens is 368 g/mol. The molecular formula is C23H30N2O4. The van der Waals surface area contributed by atoms with Crippen molar-refractivity contribution in [3.63, 3.8) is 0 Å². The number of hydrogen-bond acceptors (Lipinski definition) is 4. The lowest BCUT2D eigenvalue weighted by molar-refractivity contribution is -0.142. The van der Waals surface area contributed by atoms with Crippen LogP contribution < -0.4 is 14.8 Å². The average molecular weight is 399 g/mol. The molecule has 0 aromatic heterocycles. The van der Waals surface area contributed by atoms with E-state index in [1.54, 1.807) is 14.0 Å². The molecule has 1 atom stereocenters. The summed E-state index contributed by atoms with van der Waals surface area (Å²) in [6, 6.07) is 12.7. The molecule has 0 spiro atoms. The normalized spacial score (nSPS) is 11.5. The fourth-order valence-corrected chi connectivity index (χ4v) is 2.96. The first-order valence-electron chi connectivity index (χ1n) is 9.75. The average Bonchev–Trinajstić information content (AvgIpc) is 2.72. The van der Waals surface area contributed by atoms with Crippen LogP contribution in [0, 0.1) is 13.8 Å². The smallest absolute Gasteiger partial charge is 0.261 e. The van der Waals surface area contributed by atoms with Gasteiger partial charge in [0.05, 0.1) is 7.11 Å². The molecule has 0 aliphatic carbocycles. The molecule has 0 saturated carbocycles. The SMILES string of the molecule is CCNC(=O)[C@@H](C)N(Cc1cccc(OC)c1)C(=O)COc1cc(C)ccc1C. The second-order valence-corrected chi connectivity index (χ2v) is 7.00. The van der Waals surface area contributed by atoms with Crippen molar-refractivity contribution in [2.24, 2.45) is 0 Å². The van der Waals surface area contributed by atoms with Crippen molar-refractivity contribution in [2.75, 3.05) is 20.3 Å². The van der Waals surface area contributed by atoms with E-state index in [0.29, 0.717) is 18.0 Å². The van der Waals surface area contributed by atoms with E-state index in [0.717, 1.165) is 16.7 Å². The summed E-state index contributed by atoms with van der Waals surface area (Å²) in [4.78, 5) is 26.9. The fourth-order valence-electron chi connectivity index (χ4n) is 2.96. The van der Waals surface area contributed by atoms with Crippen LogP contribution in [-0.4, -0.2) is 43.0 Å². The number of amides is 2. The molecule has 2 aromatic carbocycles. The number of likely N-dealkylation sites (N-methyl/N-ethyl adjacent to an activating group) is 1. The van der Waals surface area contributed by atoms with Gasteiger partial charge in [-0.25, -0.2) is 0 Å². The Balaban J connectivity index is 2.19. The van der Waals surface area contributed by atoms with E-state index in [-0.39, 0.29) is 25.0 Å². The van der Waals surface area contributed by atoms with Crippen LogP contribution in [0.5, 0.6) is 11.5 Å². The molecule has 0 fully saturated rings. The molecule has 0 aliphatic rings. The van der Waals surface area contributed by atoms with Gasteiger partial charge in [-0.15, -0.1) is 0 Å². The van der Waals surface area contributed by atoms with Crippen molar-refractivity contribution < 1.29 is 19.1 Å². The summed E-state index contributed by atoms with van der Waals surface area (Å²) in [5.41, 5.74) is 2.89. The van der Waals surface area contributed by atoms with Gasteiger partial charge < -0.3 is 19.7 Å². The van der Waals surface area contributed by atoms with Crippen LogP contribution >= 0.6 is 0 Å². The molecule has 0 aliphatic heterocycles. The highest BCUT2D eigenvalue weighted by atomic mass is 16.5. The van der Waals surface area contributed by atoms with Crippen molar-refractivity contribution in [3.05, 3.63) is 59.2 Å². The van der Waals surface area contributed by atoms with Gasteiger partial charge in [-0.2, -0.15) is 0 Å². The van der Waals surface area contributed by atoms with E-state index in [2.05, 4.69) is 5.32 Å². The third-order valence-corrected chi connectivity index (χ3v) is 4.70. The lowest BCUT2D eigenvalue weighted by Crippen LogP contribution is -2.49. The van der Waals surface area contributed by atoms with Crippen LogP contribution in [0.25, 0.3) is 0 Å². The number of methoxy groups -OCH3 is 1. The van der Waals surface area contributed by atoms with Gasteiger partial charge in [-0.3, -0.25) is 9.59 Å². The van der Waals surface area contributed by atoms with Crippen molar-refractivity contribution in [3.8, 4) is 11.5 Å². The van der Waals surface area contributed by atoms with Crippen LogP contribution in [0.3, 0.4) is 0 Å². The van der Waals surface area contributed by atoms with Gasteiger partial charge >= 0.3 is 0 Å². The predicted octanol–water partition coefficient (Wildman–Crippen LogP) is 3.24. The molecule has 29 heavy (non-hydrogen) atoms. The molecule has 6 heteroatoms. The van der Waals surface area contributed by atoms with E-state index in [1.807, 2.05) is 63.2 Å². The van der Waals surface area contributed by atoms with E-state index in [9.17, 15) is 9.59 Å². The Bertz CT molecular complexity index is 851. The predicted molar refractivity (Wildman–Crippen MR) is 113 cm³/mol. The first-order valence-corrected chi connectivity index (χ1v) is 9.75. The summed E-state index contributed by atoms with van der Waals surface area (Å²) in [6.45, 7) is 8.13. The summed E-state index contributed by atoms with van der Waals surface area (Å²) < 4.78 is 11.1. The van der Waals surface area contributed by atoms with Crippen LogP contribution in [0.2, 0.25) is 0 Å². The van der Waals surface area contributed by atoms with Gasteiger partial charge in [0.15, 0.2) is 6.61 Å². The second kappa shape index (κ2) is 10.5. The van der Waals surface area contributed by atoms with Gasteiger partial charge in [-0.1, -0.05) is 24.3 Å². The maximum Gasteiger partial charge on any atom is 0.261 e. The Hall–Kier alpha value is -3.02. The van der Waals surface area contributed by atoms with E-state index in [4.69, 9.17) is 9.47 Å². The van der Waals surface area contributed by atoms with Gasteiger partial charge in [0.1, 0.15) is 17.5 Å². The lowest BCUT2D eigenvalue weighted by Gasteiger charge is -2.29. The van der Waals surface area contributed by atoms with Crippen molar-refractivity contribution in [1.82, 2.24) is 10.2 Å². The third kappa shape index (κ3) is 6.24. The Kier molecular flexibility index (Phi) is 8.07. The monoisotopic (exact) mass is 398 g/mol. The highest BCUT2D eigenvalue weighted by Crippen LogP contribution is 2.20. The van der Waals surface area contributed by atoms with Crippen molar-refractivity contribution in [2.45, 2.75) is 40.3 Å². The minimum atomic E-state index is -0.629. The Morgan fingerprint density at radius 1 is 1.14 bits per heavy atom. The number of hydrogen-bond donors (Lipinski definition) is 1. The van der Waals surface area contributed by atoms with E-state index < -0.39 is 6.04 Å². The molecule has 0 bridgehead atoms. The molecule has 2 aromatic rings. The second-order valence-electron chi connectivity index (χ2n) is 7.00. The lowest BCUT2D eigenvalue weighted by atomic mass is 10.1. The van der Waals surface area contributed by atoms with Crippen LogP contribution in [-0.2, 0) is 16.1 Å². The zero-order valence-corrected chi connectivity index (χ0v) is 17.8. The largest absolute Gasteiger partial charge is 0.497 e. The van der Waals surface area contributed by atoms with Gasteiger partial charge in [0, 0.05) is 13.1 Å². The number of nitrogens with one attached hydrogen (secondary N) is 1. The van der Waals surface area contributed by atoms with E-state index in [1.165, 1.54) is 4.90 Å². The molecule has 156 valence electrons. The molecule has 0 radical (unpaired) electrons. The van der Waals surface area contributed by atoms with E-state index >= 15 is 0 Å². The molecule has 2 amide bonds. The van der Waals surface area contributed by atoms with Crippen LogP contribution in [0.1, 0.15) is 30.5 Å². The number of carbonyl (C=O) groups excluding carboxylic acids is 2. The molecule has 0 heterocycles. The standard InChI is InChI=1S/C23H30N2O4/c1-6-24-23(27)18(4)25(14-19-8-7-9-20(13-19)28-5)22(26)15-29-21-12-16(2)10-11-17(21)3/h7-13,18H,6,14-15H2,1-5H3,(H,24,27)/t18-/m1/s1. The zero-order valence-electron chi connectivity index (χ0n) is 17.8. The summed E-state index contributed by atoms with van der Waals surface area (Å²) in [5, 5.41) is 2.78. The topological polar surface area (TPSA) is 67.9 Å². The number of carbonyl (C=O) groups is 2. The van der Waals surface area contributed by atoms with Crippen molar-refractivity contribution in [1.29, 1.82) is 0 Å². The molecule has 2 rings (SSSR count). The Labute approximate surface area is 172 Å². The zero-order chi connectivity index (χ0) is 21.4. The number of benzene rings is 2. The van der Waals surface area contributed by atoms with Gasteiger partial charge in [0.25, 0.3) is 5.91 Å². The quantitative estimate of drug-likeness (QED) is 0.704. The molecule has 0 saturated heterocycles. The molecule has 6 nitrogen and oxygen atoms in total. The molecule has 0 unspecified atom stereocenters. The van der Waals surface area contributed by atoms with Gasteiger partial charge in [0.2, 0.25) is 5.91 Å². The summed E-state index contributed by atoms with van der Waals surface area (Å²) >= 11 is 0. The maximum atomic E-state index is 13.0. The first-order chi connectivity index (χ1) is 13.8. The highest BCUT2D eigenvalue weighted by molar-refractivity contribution is 5.87. The number of rotatable bonds is 9. The van der Waals surface area contributed by atoms with Crippen molar-refractivity contribution >= 4 is 11.8 Å². The minimum Gasteiger partial charge on any atom is -0.497 e. The number of ether oxygens (including phenoxy) is 2. The third-order valence-electron chi connectivity index (χ3n) is 4.70.